The van der Waals surface area contributed by atoms with E-state index >= 15 is 0 Å². The molecule has 0 saturated heterocycles. The number of guanidine groups is 1. The van der Waals surface area contributed by atoms with Crippen LogP contribution in [0, 0.1) is 0 Å². The Balaban J connectivity index is 2.03. The molecule has 6 nitrogen and oxygen atoms in total. The summed E-state index contributed by atoms with van der Waals surface area (Å²) in [4.78, 5) is 4.25. The molecule has 116 valence electrons. The smallest absolute Gasteiger partial charge is 0.193 e. The number of anilines is 1. The molecule has 6 heteroatoms. The summed E-state index contributed by atoms with van der Waals surface area (Å²) in [5.41, 5.74) is 7.57. The van der Waals surface area contributed by atoms with Crippen molar-refractivity contribution in [1.82, 2.24) is 0 Å². The first-order chi connectivity index (χ1) is 10.6. The van der Waals surface area contributed by atoms with E-state index in [2.05, 4.69) is 10.3 Å². The summed E-state index contributed by atoms with van der Waals surface area (Å²) in [6.45, 7) is 0.423. The summed E-state index contributed by atoms with van der Waals surface area (Å²) in [7, 11) is 3.16. The molecule has 2 aromatic rings. The Morgan fingerprint density at radius 1 is 1.09 bits per heavy atom. The van der Waals surface area contributed by atoms with Gasteiger partial charge in [-0.25, -0.2) is 4.99 Å². The lowest BCUT2D eigenvalue weighted by Crippen LogP contribution is -2.22. The second-order valence-electron chi connectivity index (χ2n) is 4.56. The topological polar surface area (TPSA) is 89.1 Å². The van der Waals surface area contributed by atoms with Crippen molar-refractivity contribution in [2.24, 2.45) is 10.7 Å². The van der Waals surface area contributed by atoms with E-state index in [1.54, 1.807) is 50.6 Å². The summed E-state index contributed by atoms with van der Waals surface area (Å²) in [6, 6.07) is 12.2. The molecule has 0 atom stereocenters. The molecule has 0 radical (unpaired) electrons. The first-order valence-electron chi connectivity index (χ1n) is 6.69. The highest BCUT2D eigenvalue weighted by Crippen LogP contribution is 2.29. The van der Waals surface area contributed by atoms with Gasteiger partial charge in [-0.2, -0.15) is 0 Å². The second-order valence-corrected chi connectivity index (χ2v) is 4.56. The van der Waals surface area contributed by atoms with Gasteiger partial charge in [0.15, 0.2) is 17.5 Å². The van der Waals surface area contributed by atoms with Crippen molar-refractivity contribution in [1.29, 1.82) is 0 Å². The molecule has 0 aliphatic rings. The van der Waals surface area contributed by atoms with E-state index in [9.17, 15) is 5.11 Å². The summed E-state index contributed by atoms with van der Waals surface area (Å²) < 4.78 is 10.4. The Morgan fingerprint density at radius 2 is 1.77 bits per heavy atom. The van der Waals surface area contributed by atoms with E-state index in [-0.39, 0.29) is 5.75 Å². The highest BCUT2D eigenvalue weighted by molar-refractivity contribution is 5.92. The largest absolute Gasteiger partial charge is 0.508 e. The van der Waals surface area contributed by atoms with Crippen LogP contribution in [-0.2, 0) is 6.54 Å². The highest BCUT2D eigenvalue weighted by atomic mass is 16.5. The number of aliphatic imine (C=N–C) groups is 1. The fourth-order valence-electron chi connectivity index (χ4n) is 1.88. The van der Waals surface area contributed by atoms with Crippen molar-refractivity contribution < 1.29 is 14.6 Å². The Labute approximate surface area is 129 Å². The standard InChI is InChI=1S/C16H19N3O3/c1-21-14-8-5-12(9-15(14)22-2)19-16(17)18-10-11-3-6-13(20)7-4-11/h3-9,20H,10H2,1-2H3,(H3,17,18,19). The van der Waals surface area contributed by atoms with Crippen LogP contribution in [0.5, 0.6) is 17.2 Å². The third-order valence-corrected chi connectivity index (χ3v) is 3.02. The summed E-state index contributed by atoms with van der Waals surface area (Å²) in [6.07, 6.45) is 0. The maximum Gasteiger partial charge on any atom is 0.193 e. The lowest BCUT2D eigenvalue weighted by Gasteiger charge is -2.11. The summed E-state index contributed by atoms with van der Waals surface area (Å²) in [5, 5.41) is 12.2. The number of ether oxygens (including phenoxy) is 2. The number of phenolic OH excluding ortho intramolecular Hbond substituents is 1. The van der Waals surface area contributed by atoms with Crippen LogP contribution in [0.2, 0.25) is 0 Å². The molecule has 0 amide bonds. The van der Waals surface area contributed by atoms with Gasteiger partial charge in [0.05, 0.1) is 20.8 Å². The fourth-order valence-corrected chi connectivity index (χ4v) is 1.88. The third-order valence-electron chi connectivity index (χ3n) is 3.02. The van der Waals surface area contributed by atoms with E-state index in [1.165, 1.54) is 0 Å². The fraction of sp³-hybridized carbons (Fsp3) is 0.188. The zero-order valence-electron chi connectivity index (χ0n) is 12.5. The number of nitrogens with one attached hydrogen (secondary N) is 1. The molecule has 22 heavy (non-hydrogen) atoms. The number of phenols is 1. The number of methoxy groups -OCH3 is 2. The molecule has 0 fully saturated rings. The van der Waals surface area contributed by atoms with Gasteiger partial charge >= 0.3 is 0 Å². The number of nitrogens with two attached hydrogens (primary N) is 1. The van der Waals surface area contributed by atoms with Crippen molar-refractivity contribution in [2.75, 3.05) is 19.5 Å². The first kappa shape index (κ1) is 15.5. The Bertz CT molecular complexity index is 654. The zero-order valence-corrected chi connectivity index (χ0v) is 12.5. The van der Waals surface area contributed by atoms with Gasteiger partial charge in [-0.05, 0) is 29.8 Å². The maximum absolute atomic E-state index is 9.23. The lowest BCUT2D eigenvalue weighted by atomic mass is 10.2. The molecule has 2 aromatic carbocycles. The van der Waals surface area contributed by atoms with E-state index in [1.807, 2.05) is 6.07 Å². The normalized spacial score (nSPS) is 11.1. The molecule has 0 heterocycles. The SMILES string of the molecule is COc1ccc(NC(N)=NCc2ccc(O)cc2)cc1OC. The van der Waals surface area contributed by atoms with Gasteiger partial charge in [0.25, 0.3) is 0 Å². The van der Waals surface area contributed by atoms with Crippen LogP contribution in [0.1, 0.15) is 5.56 Å². The molecule has 2 rings (SSSR count). The van der Waals surface area contributed by atoms with Gasteiger partial charge in [0.1, 0.15) is 5.75 Å². The Morgan fingerprint density at radius 3 is 2.41 bits per heavy atom. The van der Waals surface area contributed by atoms with Crippen LogP contribution >= 0.6 is 0 Å². The van der Waals surface area contributed by atoms with Crippen LogP contribution in [0.4, 0.5) is 5.69 Å². The number of hydrogen-bond acceptors (Lipinski definition) is 4. The van der Waals surface area contributed by atoms with Gasteiger partial charge in [-0.1, -0.05) is 12.1 Å². The molecule has 4 N–H and O–H groups in total. The number of hydrogen-bond donors (Lipinski definition) is 3. The van der Waals surface area contributed by atoms with Crippen LogP contribution < -0.4 is 20.5 Å². The molecule has 0 aromatic heterocycles. The second kappa shape index (κ2) is 7.21. The van der Waals surface area contributed by atoms with Crippen molar-refractivity contribution in [3.8, 4) is 17.2 Å². The summed E-state index contributed by atoms with van der Waals surface area (Å²) >= 11 is 0. The number of aromatic hydroxyl groups is 1. The van der Waals surface area contributed by atoms with Gasteiger partial charge in [0.2, 0.25) is 0 Å². The minimum Gasteiger partial charge on any atom is -0.508 e. The third kappa shape index (κ3) is 4.05. The van der Waals surface area contributed by atoms with Crippen molar-refractivity contribution >= 4 is 11.6 Å². The molecule has 0 bridgehead atoms. The minimum absolute atomic E-state index is 0.226. The molecule has 0 aliphatic carbocycles. The predicted octanol–water partition coefficient (Wildman–Crippen LogP) is 2.34. The number of rotatable bonds is 5. The Kier molecular flexibility index (Phi) is 5.08. The van der Waals surface area contributed by atoms with Gasteiger partial charge in [-0.3, -0.25) is 0 Å². The summed E-state index contributed by atoms with van der Waals surface area (Å²) in [5.74, 6) is 1.77. The van der Waals surface area contributed by atoms with Crippen LogP contribution in [0.3, 0.4) is 0 Å². The average molecular weight is 301 g/mol. The average Bonchev–Trinajstić information content (AvgIpc) is 2.54. The van der Waals surface area contributed by atoms with Gasteiger partial charge in [-0.15, -0.1) is 0 Å². The molecular formula is C16H19N3O3. The predicted molar refractivity (Wildman–Crippen MR) is 86.6 cm³/mol. The monoisotopic (exact) mass is 301 g/mol. The quantitative estimate of drug-likeness (QED) is 0.582. The Hall–Kier alpha value is -2.89. The minimum atomic E-state index is 0.226. The highest BCUT2D eigenvalue weighted by Gasteiger charge is 2.05. The van der Waals surface area contributed by atoms with Crippen molar-refractivity contribution in [3.05, 3.63) is 48.0 Å². The molecule has 0 aliphatic heterocycles. The van der Waals surface area contributed by atoms with E-state index < -0.39 is 0 Å². The molecule has 0 unspecified atom stereocenters. The van der Waals surface area contributed by atoms with E-state index in [0.29, 0.717) is 24.0 Å². The number of nitrogens with zero attached hydrogens (tertiary/aromatic N) is 1. The van der Waals surface area contributed by atoms with Gasteiger partial charge < -0.3 is 25.6 Å². The van der Waals surface area contributed by atoms with Crippen LogP contribution in [0.15, 0.2) is 47.5 Å². The van der Waals surface area contributed by atoms with Crippen molar-refractivity contribution in [2.45, 2.75) is 6.54 Å². The van der Waals surface area contributed by atoms with Crippen LogP contribution in [0.25, 0.3) is 0 Å². The lowest BCUT2D eigenvalue weighted by molar-refractivity contribution is 0.355. The van der Waals surface area contributed by atoms with Crippen LogP contribution in [-0.4, -0.2) is 25.3 Å². The zero-order chi connectivity index (χ0) is 15.9. The molecule has 0 saturated carbocycles. The van der Waals surface area contributed by atoms with Crippen molar-refractivity contribution in [3.63, 3.8) is 0 Å². The van der Waals surface area contributed by atoms with E-state index in [0.717, 1.165) is 11.3 Å². The van der Waals surface area contributed by atoms with E-state index in [4.69, 9.17) is 15.2 Å². The molecular weight excluding hydrogens is 282 g/mol. The van der Waals surface area contributed by atoms with Gasteiger partial charge in [0, 0.05) is 11.8 Å². The first-order valence-corrected chi connectivity index (χ1v) is 6.69. The number of benzene rings is 2. The maximum atomic E-state index is 9.23. The molecule has 0 spiro atoms.